The van der Waals surface area contributed by atoms with Crippen LogP contribution in [0.2, 0.25) is 5.02 Å². The van der Waals surface area contributed by atoms with Gasteiger partial charge in [-0.1, -0.05) is 29.8 Å². The highest BCUT2D eigenvalue weighted by Crippen LogP contribution is 2.25. The van der Waals surface area contributed by atoms with Crippen LogP contribution in [0.5, 0.6) is 0 Å². The Morgan fingerprint density at radius 1 is 1.13 bits per heavy atom. The van der Waals surface area contributed by atoms with Gasteiger partial charge in [-0.05, 0) is 36.8 Å². The second kappa shape index (κ2) is 6.60. The summed E-state index contributed by atoms with van der Waals surface area (Å²) in [5.74, 6) is -0.205. The lowest BCUT2D eigenvalue weighted by molar-refractivity contribution is 0.0827. The molecule has 122 valence electrons. The number of hydrogen-bond acceptors (Lipinski definition) is 3. The second-order valence-corrected chi connectivity index (χ2v) is 7.32. The van der Waals surface area contributed by atoms with Gasteiger partial charge in [-0.2, -0.15) is 0 Å². The molecule has 0 atom stereocenters. The molecule has 0 fully saturated rings. The zero-order valence-electron chi connectivity index (χ0n) is 13.0. The van der Waals surface area contributed by atoms with Gasteiger partial charge in [0.1, 0.15) is 4.90 Å². The molecule has 2 aromatic carbocycles. The van der Waals surface area contributed by atoms with Crippen molar-refractivity contribution < 1.29 is 13.2 Å². The molecule has 0 unspecified atom stereocenters. The summed E-state index contributed by atoms with van der Waals surface area (Å²) in [6.07, 6.45) is 0. The summed E-state index contributed by atoms with van der Waals surface area (Å²) >= 11 is 5.96. The molecule has 0 aliphatic rings. The smallest absolute Gasteiger partial charge is 0.263 e. The van der Waals surface area contributed by atoms with Crippen LogP contribution in [0.15, 0.2) is 47.4 Å². The highest BCUT2D eigenvalue weighted by Gasteiger charge is 2.19. The molecule has 2 aromatic rings. The summed E-state index contributed by atoms with van der Waals surface area (Å²) in [5.41, 5.74) is 1.45. The number of halogens is 1. The van der Waals surface area contributed by atoms with Crippen molar-refractivity contribution >= 4 is 33.2 Å². The number of carbonyl (C=O) groups excluding carboxylic acids is 1. The maximum atomic E-state index is 12.5. The normalized spacial score (nSPS) is 11.1. The summed E-state index contributed by atoms with van der Waals surface area (Å²) in [4.78, 5) is 13.4. The van der Waals surface area contributed by atoms with E-state index < -0.39 is 10.0 Å². The molecule has 0 spiro atoms. The minimum Gasteiger partial charge on any atom is -0.345 e. The molecule has 7 heteroatoms. The first-order chi connectivity index (χ1) is 10.7. The van der Waals surface area contributed by atoms with Crippen LogP contribution < -0.4 is 4.72 Å². The minimum atomic E-state index is -3.84. The number of carbonyl (C=O) groups is 1. The van der Waals surface area contributed by atoms with Crippen molar-refractivity contribution in [2.75, 3.05) is 18.8 Å². The molecule has 0 heterocycles. The Kier molecular flexibility index (Phi) is 4.97. The Morgan fingerprint density at radius 2 is 1.78 bits per heavy atom. The third kappa shape index (κ3) is 3.83. The van der Waals surface area contributed by atoms with E-state index in [2.05, 4.69) is 4.72 Å². The van der Waals surface area contributed by atoms with E-state index in [1.54, 1.807) is 45.3 Å². The first kappa shape index (κ1) is 17.3. The maximum Gasteiger partial charge on any atom is 0.263 e. The SMILES string of the molecule is Cc1ccc(C(=O)N(C)C)cc1NS(=O)(=O)c1ccccc1Cl. The average molecular weight is 353 g/mol. The van der Waals surface area contributed by atoms with E-state index in [0.29, 0.717) is 16.8 Å². The molecule has 0 aliphatic carbocycles. The van der Waals surface area contributed by atoms with Crippen molar-refractivity contribution in [2.24, 2.45) is 0 Å². The first-order valence-corrected chi connectivity index (χ1v) is 8.68. The van der Waals surface area contributed by atoms with Crippen molar-refractivity contribution in [3.05, 3.63) is 58.6 Å². The molecule has 0 aliphatic heterocycles. The largest absolute Gasteiger partial charge is 0.345 e. The number of nitrogens with one attached hydrogen (secondary N) is 1. The molecule has 5 nitrogen and oxygen atoms in total. The van der Waals surface area contributed by atoms with E-state index in [9.17, 15) is 13.2 Å². The molecule has 0 aromatic heterocycles. The Morgan fingerprint density at radius 3 is 2.39 bits per heavy atom. The standard InChI is InChI=1S/C16H17ClN2O3S/c1-11-8-9-12(16(20)19(2)3)10-14(11)18-23(21,22)15-7-5-4-6-13(15)17/h4-10,18H,1-3H3. The Balaban J connectivity index is 2.42. The number of aryl methyl sites for hydroxylation is 1. The quantitative estimate of drug-likeness (QED) is 0.919. The van der Waals surface area contributed by atoms with Gasteiger partial charge in [0.25, 0.3) is 15.9 Å². The fourth-order valence-electron chi connectivity index (χ4n) is 1.99. The molecule has 2 rings (SSSR count). The summed E-state index contributed by atoms with van der Waals surface area (Å²) < 4.78 is 27.5. The van der Waals surface area contributed by atoms with Crippen LogP contribution in [0, 0.1) is 6.92 Å². The van der Waals surface area contributed by atoms with Gasteiger partial charge in [0.2, 0.25) is 0 Å². The van der Waals surface area contributed by atoms with Crippen LogP contribution in [0.1, 0.15) is 15.9 Å². The van der Waals surface area contributed by atoms with Crippen LogP contribution in [0.4, 0.5) is 5.69 Å². The van der Waals surface area contributed by atoms with Crippen molar-refractivity contribution in [3.8, 4) is 0 Å². The molecule has 1 amide bonds. The maximum absolute atomic E-state index is 12.5. The van der Waals surface area contributed by atoms with Gasteiger partial charge in [0.15, 0.2) is 0 Å². The van der Waals surface area contributed by atoms with Crippen LogP contribution in [-0.4, -0.2) is 33.3 Å². The summed E-state index contributed by atoms with van der Waals surface area (Å²) in [5, 5.41) is 0.137. The molecule has 23 heavy (non-hydrogen) atoms. The third-order valence-electron chi connectivity index (χ3n) is 3.26. The number of benzene rings is 2. The first-order valence-electron chi connectivity index (χ1n) is 6.82. The molecule has 1 N–H and O–H groups in total. The fraction of sp³-hybridized carbons (Fsp3) is 0.188. The highest BCUT2D eigenvalue weighted by molar-refractivity contribution is 7.92. The Labute approximate surface area is 140 Å². The van der Waals surface area contributed by atoms with Gasteiger partial charge >= 0.3 is 0 Å². The zero-order chi connectivity index (χ0) is 17.2. The lowest BCUT2D eigenvalue weighted by atomic mass is 10.1. The van der Waals surface area contributed by atoms with E-state index in [1.807, 2.05) is 0 Å². The van der Waals surface area contributed by atoms with Crippen molar-refractivity contribution in [1.82, 2.24) is 4.90 Å². The molecule has 0 saturated heterocycles. The van der Waals surface area contributed by atoms with Crippen LogP contribution in [-0.2, 0) is 10.0 Å². The molecule has 0 radical (unpaired) electrons. The van der Waals surface area contributed by atoms with Crippen LogP contribution >= 0.6 is 11.6 Å². The molecule has 0 bridgehead atoms. The number of amides is 1. The molecular formula is C16H17ClN2O3S. The van der Waals surface area contributed by atoms with Crippen molar-refractivity contribution in [3.63, 3.8) is 0 Å². The summed E-state index contributed by atoms with van der Waals surface area (Å²) in [7, 11) is -0.567. The van der Waals surface area contributed by atoms with Gasteiger partial charge in [0.05, 0.1) is 10.7 Å². The number of anilines is 1. The third-order valence-corrected chi connectivity index (χ3v) is 5.13. The zero-order valence-corrected chi connectivity index (χ0v) is 14.6. The molecule has 0 saturated carbocycles. The predicted octanol–water partition coefficient (Wildman–Crippen LogP) is 3.15. The molecular weight excluding hydrogens is 336 g/mol. The average Bonchev–Trinajstić information content (AvgIpc) is 2.48. The van der Waals surface area contributed by atoms with Crippen molar-refractivity contribution in [1.29, 1.82) is 0 Å². The van der Waals surface area contributed by atoms with Crippen LogP contribution in [0.3, 0.4) is 0 Å². The van der Waals surface area contributed by atoms with Gasteiger partial charge < -0.3 is 4.90 Å². The van der Waals surface area contributed by atoms with E-state index in [1.165, 1.54) is 23.1 Å². The number of nitrogens with zero attached hydrogens (tertiary/aromatic N) is 1. The summed E-state index contributed by atoms with van der Waals surface area (Å²) in [6, 6.07) is 11.1. The van der Waals surface area contributed by atoms with E-state index in [0.717, 1.165) is 0 Å². The monoisotopic (exact) mass is 352 g/mol. The second-order valence-electron chi connectivity index (χ2n) is 5.27. The highest BCUT2D eigenvalue weighted by atomic mass is 35.5. The van der Waals surface area contributed by atoms with E-state index in [4.69, 9.17) is 11.6 Å². The lowest BCUT2D eigenvalue weighted by Gasteiger charge is -2.15. The number of hydrogen-bond donors (Lipinski definition) is 1. The topological polar surface area (TPSA) is 66.5 Å². The summed E-state index contributed by atoms with van der Waals surface area (Å²) in [6.45, 7) is 1.76. The minimum absolute atomic E-state index is 0.00888. The predicted molar refractivity (Wildman–Crippen MR) is 91.5 cm³/mol. The van der Waals surface area contributed by atoms with Gasteiger partial charge in [-0.25, -0.2) is 8.42 Å². The van der Waals surface area contributed by atoms with Crippen LogP contribution in [0.25, 0.3) is 0 Å². The fourth-order valence-corrected chi connectivity index (χ4v) is 3.63. The van der Waals surface area contributed by atoms with Gasteiger partial charge in [-0.15, -0.1) is 0 Å². The van der Waals surface area contributed by atoms with E-state index >= 15 is 0 Å². The number of rotatable bonds is 4. The van der Waals surface area contributed by atoms with E-state index in [-0.39, 0.29) is 15.8 Å². The lowest BCUT2D eigenvalue weighted by Crippen LogP contribution is -2.22. The van der Waals surface area contributed by atoms with Gasteiger partial charge in [-0.3, -0.25) is 9.52 Å². The Hall–Kier alpha value is -2.05. The Bertz CT molecular complexity index is 848. The number of sulfonamides is 1. The van der Waals surface area contributed by atoms with Crippen molar-refractivity contribution in [2.45, 2.75) is 11.8 Å². The van der Waals surface area contributed by atoms with Gasteiger partial charge in [0, 0.05) is 19.7 Å².